The molecular weight excluding hydrogens is 590 g/mol. The smallest absolute Gasteiger partial charge is 0.335 e. The van der Waals surface area contributed by atoms with Gasteiger partial charge in [-0.2, -0.15) is 12.7 Å². The van der Waals surface area contributed by atoms with Crippen molar-refractivity contribution in [2.24, 2.45) is 17.0 Å². The van der Waals surface area contributed by atoms with E-state index in [4.69, 9.17) is 21.5 Å². The highest BCUT2D eigenvalue weighted by molar-refractivity contribution is 7.86. The van der Waals surface area contributed by atoms with Gasteiger partial charge in [0.05, 0.1) is 24.0 Å². The van der Waals surface area contributed by atoms with Crippen molar-refractivity contribution in [1.29, 1.82) is 0 Å². The molecule has 2 aromatic carbocycles. The second-order valence-corrected chi connectivity index (χ2v) is 14.6. The predicted molar refractivity (Wildman–Crippen MR) is 166 cm³/mol. The molecule has 1 saturated carbocycles. The Morgan fingerprint density at radius 2 is 2.02 bits per heavy atom. The molecule has 2 fully saturated rings. The Balaban J connectivity index is 1.22. The molecule has 0 unspecified atom stereocenters. The van der Waals surface area contributed by atoms with Gasteiger partial charge in [-0.25, -0.2) is 9.93 Å². The number of aromatic carboxylic acids is 1. The van der Waals surface area contributed by atoms with Crippen LogP contribution in [0.1, 0.15) is 66.4 Å². The third kappa shape index (κ3) is 6.17. The van der Waals surface area contributed by atoms with E-state index < -0.39 is 22.3 Å². The number of carboxylic acid groups (broad SMARTS) is 1. The Kier molecular flexibility index (Phi) is 8.52. The molecule has 2 aliphatic carbocycles. The summed E-state index contributed by atoms with van der Waals surface area (Å²) >= 11 is 6.36. The van der Waals surface area contributed by atoms with Crippen LogP contribution in [-0.2, 0) is 22.0 Å². The number of carboxylic acids is 1. The summed E-state index contributed by atoms with van der Waals surface area (Å²) in [5.74, 6) is -0.0466. The Morgan fingerprint density at radius 1 is 1.19 bits per heavy atom. The van der Waals surface area contributed by atoms with Gasteiger partial charge in [0.2, 0.25) is 0 Å². The van der Waals surface area contributed by atoms with Crippen molar-refractivity contribution in [2.45, 2.75) is 68.9 Å². The highest BCUT2D eigenvalue weighted by atomic mass is 35.5. The summed E-state index contributed by atoms with van der Waals surface area (Å²) in [7, 11) is -3.73. The number of anilines is 1. The maximum atomic E-state index is 11.9. The lowest BCUT2D eigenvalue weighted by atomic mass is 9.68. The fourth-order valence-electron chi connectivity index (χ4n) is 7.70. The van der Waals surface area contributed by atoms with Crippen molar-refractivity contribution < 1.29 is 28.2 Å². The number of aryl methyl sites for hydroxylation is 1. The number of nitrogens with two attached hydrogens (primary N) is 1. The first-order chi connectivity index (χ1) is 20.5. The van der Waals surface area contributed by atoms with E-state index in [2.05, 4.69) is 17.0 Å². The average Bonchev–Trinajstić information content (AvgIpc) is 3.37. The van der Waals surface area contributed by atoms with Gasteiger partial charge in [-0.3, -0.25) is 0 Å². The van der Waals surface area contributed by atoms with E-state index in [9.17, 15) is 23.4 Å². The van der Waals surface area contributed by atoms with Crippen LogP contribution >= 0.6 is 11.6 Å². The van der Waals surface area contributed by atoms with Crippen molar-refractivity contribution in [1.82, 2.24) is 4.31 Å². The number of ether oxygens (including phenoxy) is 1. The molecule has 0 radical (unpaired) electrons. The third-order valence-electron chi connectivity index (χ3n) is 10.0. The average molecular weight is 630 g/mol. The van der Waals surface area contributed by atoms with Gasteiger partial charge in [0.25, 0.3) is 10.2 Å². The van der Waals surface area contributed by atoms with Crippen LogP contribution in [0.4, 0.5) is 5.69 Å². The molecule has 2 aliphatic heterocycles. The maximum absolute atomic E-state index is 11.9. The quantitative estimate of drug-likeness (QED) is 0.366. The Morgan fingerprint density at radius 3 is 2.77 bits per heavy atom. The Bertz CT molecular complexity index is 1520. The molecule has 1 saturated heterocycles. The van der Waals surface area contributed by atoms with Crippen LogP contribution in [-0.4, -0.2) is 67.3 Å². The normalized spacial score (nSPS) is 28.2. The number of hydrogen-bond acceptors (Lipinski definition) is 6. The molecular formula is C32H40ClN3O6S. The molecule has 2 aromatic rings. The van der Waals surface area contributed by atoms with Gasteiger partial charge in [0.1, 0.15) is 5.75 Å². The number of carbonyl (C=O) groups is 1. The molecule has 0 bridgehead atoms. The second kappa shape index (κ2) is 12.0. The number of hydrogen-bond donors (Lipinski definition) is 3. The number of rotatable bonds is 8. The lowest BCUT2D eigenvalue weighted by molar-refractivity contribution is 0.0455. The van der Waals surface area contributed by atoms with Crippen molar-refractivity contribution >= 4 is 33.5 Å². The summed E-state index contributed by atoms with van der Waals surface area (Å²) in [6.45, 7) is 2.28. The molecule has 2 heterocycles. The van der Waals surface area contributed by atoms with Gasteiger partial charge in [-0.1, -0.05) is 29.8 Å². The van der Waals surface area contributed by atoms with Gasteiger partial charge < -0.3 is 19.8 Å². The maximum Gasteiger partial charge on any atom is 0.335 e. The monoisotopic (exact) mass is 629 g/mol. The van der Waals surface area contributed by atoms with Crippen LogP contribution in [0.5, 0.6) is 5.75 Å². The summed E-state index contributed by atoms with van der Waals surface area (Å²) in [4.78, 5) is 14.2. The summed E-state index contributed by atoms with van der Waals surface area (Å²) in [6.07, 6.45) is 9.89. The third-order valence-corrected chi connectivity index (χ3v) is 11.4. The molecule has 4 N–H and O–H groups in total. The van der Waals surface area contributed by atoms with Gasteiger partial charge >= 0.3 is 5.97 Å². The van der Waals surface area contributed by atoms with E-state index in [-0.39, 0.29) is 28.9 Å². The Labute approximate surface area is 258 Å². The largest absolute Gasteiger partial charge is 0.490 e. The fourth-order valence-corrected chi connectivity index (χ4v) is 8.88. The molecule has 43 heavy (non-hydrogen) atoms. The van der Waals surface area contributed by atoms with Crippen LogP contribution in [0.2, 0.25) is 5.02 Å². The SMILES string of the molecule is NS(=O)(=O)N1CCC[C@@H]1C/C=C/[C@H](O)[C@@H]1CC[C@H]1CN1C[C@@]2(CCCc3cc(Cl)ccc32)COc2ccc(C(=O)O)cc21. The van der Waals surface area contributed by atoms with Gasteiger partial charge in [0, 0.05) is 36.1 Å². The van der Waals surface area contributed by atoms with Gasteiger partial charge in [-0.15, -0.1) is 0 Å². The zero-order chi connectivity index (χ0) is 30.4. The van der Waals surface area contributed by atoms with E-state index in [0.29, 0.717) is 38.4 Å². The topological polar surface area (TPSA) is 133 Å². The number of aliphatic hydroxyl groups excluding tert-OH is 1. The second-order valence-electron chi connectivity index (χ2n) is 12.7. The number of aliphatic hydroxyl groups is 1. The number of fused-ring (bicyclic) bond motifs is 3. The highest BCUT2D eigenvalue weighted by Gasteiger charge is 2.44. The predicted octanol–water partition coefficient (Wildman–Crippen LogP) is 4.51. The molecule has 5 atom stereocenters. The molecule has 1 spiro atoms. The van der Waals surface area contributed by atoms with E-state index in [1.807, 2.05) is 12.1 Å². The summed E-state index contributed by atoms with van der Waals surface area (Å²) in [5, 5.41) is 27.0. The van der Waals surface area contributed by atoms with Crippen LogP contribution in [0.3, 0.4) is 0 Å². The van der Waals surface area contributed by atoms with Crippen molar-refractivity contribution in [3.8, 4) is 5.75 Å². The van der Waals surface area contributed by atoms with E-state index in [1.165, 1.54) is 15.4 Å². The van der Waals surface area contributed by atoms with Gasteiger partial charge in [-0.05, 0) is 105 Å². The van der Waals surface area contributed by atoms with E-state index in [1.54, 1.807) is 24.3 Å². The molecule has 0 amide bonds. The fraction of sp³-hybridized carbons (Fsp3) is 0.531. The molecule has 11 heteroatoms. The summed E-state index contributed by atoms with van der Waals surface area (Å²) < 4.78 is 31.6. The number of benzene rings is 2. The van der Waals surface area contributed by atoms with Crippen molar-refractivity contribution in [3.05, 3.63) is 70.3 Å². The van der Waals surface area contributed by atoms with E-state index in [0.717, 1.165) is 55.7 Å². The number of nitrogens with zero attached hydrogens (tertiary/aromatic N) is 2. The lowest BCUT2D eigenvalue weighted by Crippen LogP contribution is -2.49. The summed E-state index contributed by atoms with van der Waals surface area (Å²) in [5.41, 5.74) is 3.21. The van der Waals surface area contributed by atoms with Crippen LogP contribution < -0.4 is 14.8 Å². The minimum atomic E-state index is -3.73. The lowest BCUT2D eigenvalue weighted by Gasteiger charge is -2.45. The molecule has 232 valence electrons. The minimum absolute atomic E-state index is 0.0536. The first kappa shape index (κ1) is 30.4. The van der Waals surface area contributed by atoms with Crippen LogP contribution in [0, 0.1) is 11.8 Å². The van der Waals surface area contributed by atoms with Crippen molar-refractivity contribution in [3.63, 3.8) is 0 Å². The van der Waals surface area contributed by atoms with Crippen LogP contribution in [0.15, 0.2) is 48.6 Å². The summed E-state index contributed by atoms with van der Waals surface area (Å²) in [6, 6.07) is 11.0. The van der Waals surface area contributed by atoms with Gasteiger partial charge in [0.15, 0.2) is 0 Å². The molecule has 6 rings (SSSR count). The number of halogens is 1. The standard InChI is InChI=1S/C32H40ClN3O6S/c33-24-10-12-27-21(16-24)4-2-14-32(27)19-35(28-17-22(31(38)39)9-13-30(28)42-20-32)18-23-8-11-26(23)29(37)7-1-5-25-6-3-15-36(25)43(34,40)41/h1,7,9-10,12-13,16-17,23,25-26,29,37H,2-6,8,11,14-15,18-20H2,(H,38,39)(H2,34,40,41)/b7-1+/t23-,25-,26+,29-,32-/m0/s1. The Hall–Kier alpha value is -2.63. The zero-order valence-electron chi connectivity index (χ0n) is 24.2. The first-order valence-corrected chi connectivity index (χ1v) is 17.1. The molecule has 0 aromatic heterocycles. The molecule has 9 nitrogen and oxygen atoms in total. The first-order valence-electron chi connectivity index (χ1n) is 15.2. The van der Waals surface area contributed by atoms with E-state index >= 15 is 0 Å². The highest BCUT2D eigenvalue weighted by Crippen LogP contribution is 2.46. The minimum Gasteiger partial charge on any atom is -0.490 e. The molecule has 4 aliphatic rings. The zero-order valence-corrected chi connectivity index (χ0v) is 25.8. The van der Waals surface area contributed by atoms with Crippen molar-refractivity contribution in [2.75, 3.05) is 31.1 Å². The van der Waals surface area contributed by atoms with Crippen LogP contribution in [0.25, 0.3) is 0 Å².